The average Bonchev–Trinajstić information content (AvgIpc) is 2.47. The molecule has 2 aromatic rings. The minimum Gasteiger partial charge on any atom is -0.394 e. The van der Waals surface area contributed by atoms with E-state index in [-0.39, 0.29) is 13.2 Å². The first kappa shape index (κ1) is 13.3. The van der Waals surface area contributed by atoms with Crippen molar-refractivity contribution in [1.82, 2.24) is 0 Å². The summed E-state index contributed by atoms with van der Waals surface area (Å²) >= 11 is 0. The molecule has 0 aliphatic carbocycles. The van der Waals surface area contributed by atoms with Gasteiger partial charge in [0.05, 0.1) is 30.4 Å². The molecule has 0 aromatic heterocycles. The van der Waals surface area contributed by atoms with Crippen LogP contribution in [0.3, 0.4) is 0 Å². The minimum atomic E-state index is -0.795. The van der Waals surface area contributed by atoms with Crippen LogP contribution in [-0.4, -0.2) is 29.0 Å². The Labute approximate surface area is 111 Å². The first-order valence-corrected chi connectivity index (χ1v) is 6.05. The normalized spacial score (nSPS) is 11.3. The Bertz CT molecular complexity index is 628. The lowest BCUT2D eigenvalue weighted by Gasteiger charge is -2.28. The molecule has 0 radical (unpaired) electrons. The molecule has 0 fully saturated rings. The van der Waals surface area contributed by atoms with E-state index in [1.165, 1.54) is 0 Å². The van der Waals surface area contributed by atoms with Gasteiger partial charge in [-0.15, -0.1) is 0 Å². The third kappa shape index (κ3) is 2.53. The highest BCUT2D eigenvalue weighted by Crippen LogP contribution is 2.28. The highest BCUT2D eigenvalue weighted by molar-refractivity contribution is 5.97. The van der Waals surface area contributed by atoms with Gasteiger partial charge in [-0.05, 0) is 19.1 Å². The van der Waals surface area contributed by atoms with Crippen LogP contribution in [0, 0.1) is 11.3 Å². The molecule has 98 valence electrons. The summed E-state index contributed by atoms with van der Waals surface area (Å²) in [6, 6.07) is 13.3. The summed E-state index contributed by atoms with van der Waals surface area (Å²) in [5.41, 5.74) is 0.604. The Kier molecular flexibility index (Phi) is 3.70. The van der Waals surface area contributed by atoms with Crippen molar-refractivity contribution >= 4 is 16.5 Å². The standard InChI is InChI=1S/C15H16N2O2/c1-15(9-18,10-19)17-14-7-6-11(8-16)12-4-2-3-5-13(12)14/h2-7,17-19H,9-10H2,1H3. The molecule has 3 N–H and O–H groups in total. The van der Waals surface area contributed by atoms with Crippen LogP contribution >= 0.6 is 0 Å². The zero-order valence-electron chi connectivity index (χ0n) is 10.7. The predicted octanol–water partition coefficient (Wildman–Crippen LogP) is 1.87. The predicted molar refractivity (Wildman–Crippen MR) is 74.9 cm³/mol. The van der Waals surface area contributed by atoms with Crippen LogP contribution < -0.4 is 5.32 Å². The SMILES string of the molecule is CC(CO)(CO)Nc1ccc(C#N)c2ccccc12. The number of nitriles is 1. The number of hydrogen-bond acceptors (Lipinski definition) is 4. The van der Waals surface area contributed by atoms with Crippen molar-refractivity contribution in [2.75, 3.05) is 18.5 Å². The molecule has 0 aliphatic rings. The summed E-state index contributed by atoms with van der Waals surface area (Å²) in [5, 5.41) is 32.7. The van der Waals surface area contributed by atoms with Crippen molar-refractivity contribution in [3.8, 4) is 6.07 Å². The van der Waals surface area contributed by atoms with Crippen LogP contribution in [0.2, 0.25) is 0 Å². The molecule has 0 spiro atoms. The van der Waals surface area contributed by atoms with E-state index in [4.69, 9.17) is 5.26 Å². The molecule has 2 rings (SSSR count). The molecule has 19 heavy (non-hydrogen) atoms. The smallest absolute Gasteiger partial charge is 0.0998 e. The van der Waals surface area contributed by atoms with Gasteiger partial charge in [0.2, 0.25) is 0 Å². The van der Waals surface area contributed by atoms with E-state index in [0.717, 1.165) is 16.5 Å². The van der Waals surface area contributed by atoms with Gasteiger partial charge in [-0.2, -0.15) is 5.26 Å². The Balaban J connectivity index is 2.54. The lowest BCUT2D eigenvalue weighted by molar-refractivity contribution is 0.147. The Hall–Kier alpha value is -2.09. The van der Waals surface area contributed by atoms with E-state index in [9.17, 15) is 10.2 Å². The van der Waals surface area contributed by atoms with E-state index in [1.54, 1.807) is 19.1 Å². The van der Waals surface area contributed by atoms with E-state index in [0.29, 0.717) is 5.56 Å². The summed E-state index contributed by atoms with van der Waals surface area (Å²) in [6.45, 7) is 1.37. The number of nitrogens with zero attached hydrogens (tertiary/aromatic N) is 1. The Morgan fingerprint density at radius 3 is 2.32 bits per heavy atom. The lowest BCUT2D eigenvalue weighted by atomic mass is 10.00. The summed E-state index contributed by atoms with van der Waals surface area (Å²) < 4.78 is 0. The van der Waals surface area contributed by atoms with Crippen LogP contribution in [-0.2, 0) is 0 Å². The second-order valence-electron chi connectivity index (χ2n) is 4.82. The highest BCUT2D eigenvalue weighted by Gasteiger charge is 2.22. The Morgan fingerprint density at radius 2 is 1.74 bits per heavy atom. The largest absolute Gasteiger partial charge is 0.394 e. The van der Waals surface area contributed by atoms with Crippen LogP contribution in [0.15, 0.2) is 36.4 Å². The molecule has 0 aliphatic heterocycles. The van der Waals surface area contributed by atoms with Gasteiger partial charge >= 0.3 is 0 Å². The number of nitrogens with one attached hydrogen (secondary N) is 1. The first-order valence-electron chi connectivity index (χ1n) is 6.05. The molecule has 0 amide bonds. The second-order valence-corrected chi connectivity index (χ2v) is 4.82. The minimum absolute atomic E-state index is 0.183. The maximum atomic E-state index is 9.34. The molecule has 0 heterocycles. The zero-order valence-corrected chi connectivity index (χ0v) is 10.7. The monoisotopic (exact) mass is 256 g/mol. The summed E-state index contributed by atoms with van der Waals surface area (Å²) in [6.07, 6.45) is 0. The molecule has 4 heteroatoms. The van der Waals surface area contributed by atoms with Crippen LogP contribution in [0.1, 0.15) is 12.5 Å². The van der Waals surface area contributed by atoms with Gasteiger partial charge in [0, 0.05) is 16.5 Å². The molecule has 0 unspecified atom stereocenters. The van der Waals surface area contributed by atoms with Gasteiger partial charge in [-0.3, -0.25) is 0 Å². The third-order valence-corrected chi connectivity index (χ3v) is 3.18. The van der Waals surface area contributed by atoms with Gasteiger partial charge in [0.15, 0.2) is 0 Å². The number of aliphatic hydroxyl groups is 2. The summed E-state index contributed by atoms with van der Waals surface area (Å²) in [5.74, 6) is 0. The van der Waals surface area contributed by atoms with Crippen LogP contribution in [0.4, 0.5) is 5.69 Å². The van der Waals surface area contributed by atoms with Gasteiger partial charge in [-0.25, -0.2) is 0 Å². The lowest BCUT2D eigenvalue weighted by Crippen LogP contribution is -2.42. The van der Waals surface area contributed by atoms with E-state index in [1.807, 2.05) is 24.3 Å². The van der Waals surface area contributed by atoms with Crippen LogP contribution in [0.5, 0.6) is 0 Å². The second kappa shape index (κ2) is 5.27. The number of anilines is 1. The fraction of sp³-hybridized carbons (Fsp3) is 0.267. The molecule has 0 saturated heterocycles. The molecular formula is C15H16N2O2. The number of aliphatic hydroxyl groups excluding tert-OH is 2. The van der Waals surface area contributed by atoms with E-state index >= 15 is 0 Å². The number of fused-ring (bicyclic) bond motifs is 1. The fourth-order valence-corrected chi connectivity index (χ4v) is 1.96. The fourth-order valence-electron chi connectivity index (χ4n) is 1.96. The van der Waals surface area contributed by atoms with Crippen molar-refractivity contribution < 1.29 is 10.2 Å². The van der Waals surface area contributed by atoms with E-state index in [2.05, 4.69) is 11.4 Å². The number of hydrogen-bond donors (Lipinski definition) is 3. The van der Waals surface area contributed by atoms with Crippen molar-refractivity contribution in [1.29, 1.82) is 5.26 Å². The molecule has 2 aromatic carbocycles. The quantitative estimate of drug-likeness (QED) is 0.780. The molecule has 4 nitrogen and oxygen atoms in total. The molecule has 0 bridgehead atoms. The Morgan fingerprint density at radius 1 is 1.11 bits per heavy atom. The first-order chi connectivity index (χ1) is 9.13. The number of benzene rings is 2. The van der Waals surface area contributed by atoms with Gasteiger partial charge in [0.25, 0.3) is 0 Å². The number of rotatable bonds is 4. The molecular weight excluding hydrogens is 240 g/mol. The van der Waals surface area contributed by atoms with Crippen molar-refractivity contribution in [2.45, 2.75) is 12.5 Å². The molecule has 0 saturated carbocycles. The van der Waals surface area contributed by atoms with Gasteiger partial charge < -0.3 is 15.5 Å². The maximum Gasteiger partial charge on any atom is 0.0998 e. The summed E-state index contributed by atoms with van der Waals surface area (Å²) in [4.78, 5) is 0. The highest BCUT2D eigenvalue weighted by atomic mass is 16.3. The van der Waals surface area contributed by atoms with Crippen LogP contribution in [0.25, 0.3) is 10.8 Å². The van der Waals surface area contributed by atoms with Gasteiger partial charge in [-0.1, -0.05) is 24.3 Å². The van der Waals surface area contributed by atoms with Crippen molar-refractivity contribution in [3.63, 3.8) is 0 Å². The van der Waals surface area contributed by atoms with Crippen molar-refractivity contribution in [2.24, 2.45) is 0 Å². The van der Waals surface area contributed by atoms with E-state index < -0.39 is 5.54 Å². The molecule has 0 atom stereocenters. The van der Waals surface area contributed by atoms with Gasteiger partial charge in [0.1, 0.15) is 0 Å². The maximum absolute atomic E-state index is 9.34. The topological polar surface area (TPSA) is 76.3 Å². The average molecular weight is 256 g/mol. The third-order valence-electron chi connectivity index (χ3n) is 3.18. The van der Waals surface area contributed by atoms with Crippen molar-refractivity contribution in [3.05, 3.63) is 42.0 Å². The summed E-state index contributed by atoms with van der Waals surface area (Å²) in [7, 11) is 0. The zero-order chi connectivity index (χ0) is 13.9.